The zero-order valence-corrected chi connectivity index (χ0v) is 15.9. The van der Waals surface area contributed by atoms with Crippen molar-refractivity contribution in [1.29, 1.82) is 0 Å². The second kappa shape index (κ2) is 8.03. The molecule has 0 bridgehead atoms. The van der Waals surface area contributed by atoms with Crippen molar-refractivity contribution < 1.29 is 4.74 Å². The second-order valence-corrected chi connectivity index (χ2v) is 7.14. The van der Waals surface area contributed by atoms with Crippen LogP contribution in [-0.4, -0.2) is 60.8 Å². The lowest BCUT2D eigenvalue weighted by molar-refractivity contribution is 0.113. The fourth-order valence-corrected chi connectivity index (χ4v) is 3.46. The van der Waals surface area contributed by atoms with Gasteiger partial charge in [-0.3, -0.25) is 0 Å². The van der Waals surface area contributed by atoms with Gasteiger partial charge in [-0.1, -0.05) is 0 Å². The minimum Gasteiger partial charge on any atom is -0.376 e. The number of fused-ring (bicyclic) bond motifs is 1. The van der Waals surface area contributed by atoms with E-state index < -0.39 is 0 Å². The summed E-state index contributed by atoms with van der Waals surface area (Å²) >= 11 is 0. The highest BCUT2D eigenvalue weighted by molar-refractivity contribution is 5.80. The van der Waals surface area contributed by atoms with E-state index in [1.807, 2.05) is 23.2 Å². The number of nitrogens with one attached hydrogen (secondary N) is 2. The fraction of sp³-hybridized carbons (Fsp3) is 0.706. The molecular formula is C17H27N9O. The summed E-state index contributed by atoms with van der Waals surface area (Å²) in [6, 6.07) is 0.260. The van der Waals surface area contributed by atoms with E-state index >= 15 is 0 Å². The average molecular weight is 373 g/mol. The third-order valence-electron chi connectivity index (χ3n) is 5.23. The van der Waals surface area contributed by atoms with Crippen molar-refractivity contribution in [2.75, 3.05) is 13.2 Å². The molecule has 4 heterocycles. The van der Waals surface area contributed by atoms with Gasteiger partial charge >= 0.3 is 0 Å². The van der Waals surface area contributed by atoms with E-state index in [2.05, 4.69) is 30.9 Å². The average Bonchev–Trinajstić information content (AvgIpc) is 3.41. The van der Waals surface area contributed by atoms with Gasteiger partial charge in [-0.05, 0) is 26.2 Å². The topological polar surface area (TPSA) is 107 Å². The lowest BCUT2D eigenvalue weighted by Crippen LogP contribution is -2.48. The van der Waals surface area contributed by atoms with Gasteiger partial charge in [0.1, 0.15) is 24.5 Å². The van der Waals surface area contributed by atoms with Crippen molar-refractivity contribution in [1.82, 2.24) is 40.2 Å². The van der Waals surface area contributed by atoms with Gasteiger partial charge in [0.15, 0.2) is 11.8 Å². The Hall–Kier alpha value is -2.49. The number of aryl methyl sites for hydroxylation is 2. The number of aliphatic imine (C=N–C) groups is 1. The molecule has 2 atom stereocenters. The maximum absolute atomic E-state index is 5.72. The summed E-state index contributed by atoms with van der Waals surface area (Å²) in [5, 5.41) is 19.6. The smallest absolute Gasteiger partial charge is 0.192 e. The van der Waals surface area contributed by atoms with Crippen LogP contribution in [0, 0.1) is 6.92 Å². The Morgan fingerprint density at radius 1 is 1.37 bits per heavy atom. The summed E-state index contributed by atoms with van der Waals surface area (Å²) < 4.78 is 9.65. The molecule has 2 unspecified atom stereocenters. The third-order valence-corrected chi connectivity index (χ3v) is 5.23. The quantitative estimate of drug-likeness (QED) is 0.559. The summed E-state index contributed by atoms with van der Waals surface area (Å²) in [5.74, 6) is 3.55. The molecule has 10 heteroatoms. The van der Waals surface area contributed by atoms with Crippen molar-refractivity contribution in [2.24, 2.45) is 12.0 Å². The minimum atomic E-state index is 0.252. The molecule has 0 amide bonds. The number of nitrogens with zero attached hydrogens (tertiary/aromatic N) is 7. The fourth-order valence-electron chi connectivity index (χ4n) is 3.46. The van der Waals surface area contributed by atoms with E-state index in [0.29, 0.717) is 6.54 Å². The Bertz CT molecular complexity index is 790. The molecule has 4 rings (SSSR count). The molecule has 0 saturated carbocycles. The number of rotatable bonds is 5. The van der Waals surface area contributed by atoms with Crippen LogP contribution in [0.4, 0.5) is 0 Å². The highest BCUT2D eigenvalue weighted by Crippen LogP contribution is 2.12. The van der Waals surface area contributed by atoms with Crippen LogP contribution in [0.15, 0.2) is 11.3 Å². The zero-order chi connectivity index (χ0) is 18.6. The molecule has 1 fully saturated rings. The van der Waals surface area contributed by atoms with E-state index in [1.165, 1.54) is 0 Å². The molecular weight excluding hydrogens is 346 g/mol. The van der Waals surface area contributed by atoms with Crippen molar-refractivity contribution in [2.45, 2.75) is 57.8 Å². The van der Waals surface area contributed by atoms with Crippen molar-refractivity contribution in [3.05, 3.63) is 23.8 Å². The molecule has 27 heavy (non-hydrogen) atoms. The summed E-state index contributed by atoms with van der Waals surface area (Å²) in [4.78, 5) is 9.03. The van der Waals surface area contributed by atoms with E-state index in [-0.39, 0.29) is 12.1 Å². The van der Waals surface area contributed by atoms with Gasteiger partial charge in [0.2, 0.25) is 0 Å². The van der Waals surface area contributed by atoms with Crippen LogP contribution in [0.3, 0.4) is 0 Å². The summed E-state index contributed by atoms with van der Waals surface area (Å²) in [5.41, 5.74) is 0. The first-order chi connectivity index (χ1) is 13.2. The van der Waals surface area contributed by atoms with Crippen molar-refractivity contribution in [3.63, 3.8) is 0 Å². The Morgan fingerprint density at radius 3 is 3.07 bits per heavy atom. The van der Waals surface area contributed by atoms with Gasteiger partial charge in [-0.25, -0.2) is 14.7 Å². The lowest BCUT2D eigenvalue weighted by atomic mass is 10.1. The Kier molecular flexibility index (Phi) is 5.33. The van der Waals surface area contributed by atoms with Gasteiger partial charge in [0, 0.05) is 32.7 Å². The molecule has 2 N–H and O–H groups in total. The Morgan fingerprint density at radius 2 is 2.30 bits per heavy atom. The van der Waals surface area contributed by atoms with Crippen LogP contribution in [0.25, 0.3) is 0 Å². The Balaban J connectivity index is 1.42. The third kappa shape index (κ3) is 4.26. The monoisotopic (exact) mass is 373 g/mol. The van der Waals surface area contributed by atoms with E-state index in [1.54, 1.807) is 6.33 Å². The second-order valence-electron chi connectivity index (χ2n) is 7.14. The molecule has 2 aromatic heterocycles. The van der Waals surface area contributed by atoms with Gasteiger partial charge in [0.05, 0.1) is 12.6 Å². The normalized spacial score (nSPS) is 22.7. The zero-order valence-electron chi connectivity index (χ0n) is 15.9. The standard InChI is InChI=1S/C17H27N9O/c1-12-23-24-16(25(12)2)9-19-17(18-8-14-4-3-7-27-14)22-13-5-6-15-20-11-21-26(15)10-13/h11,13-14H,3-10H2,1-2H3,(H2,18,19,22). The summed E-state index contributed by atoms with van der Waals surface area (Å²) in [6.07, 6.45) is 6.01. The first kappa shape index (κ1) is 17.9. The van der Waals surface area contributed by atoms with Crippen LogP contribution in [0.2, 0.25) is 0 Å². The first-order valence-corrected chi connectivity index (χ1v) is 9.57. The number of aromatic nitrogens is 6. The van der Waals surface area contributed by atoms with Gasteiger partial charge in [0.25, 0.3) is 0 Å². The van der Waals surface area contributed by atoms with Crippen molar-refractivity contribution in [3.8, 4) is 0 Å². The van der Waals surface area contributed by atoms with Crippen LogP contribution < -0.4 is 10.6 Å². The van der Waals surface area contributed by atoms with Crippen LogP contribution in [-0.2, 0) is 31.3 Å². The largest absolute Gasteiger partial charge is 0.376 e. The first-order valence-electron chi connectivity index (χ1n) is 9.57. The number of hydrogen-bond acceptors (Lipinski definition) is 6. The highest BCUT2D eigenvalue weighted by Gasteiger charge is 2.22. The van der Waals surface area contributed by atoms with Crippen molar-refractivity contribution >= 4 is 5.96 Å². The predicted molar refractivity (Wildman–Crippen MR) is 99.1 cm³/mol. The summed E-state index contributed by atoms with van der Waals surface area (Å²) in [7, 11) is 1.96. The maximum Gasteiger partial charge on any atom is 0.192 e. The molecule has 0 radical (unpaired) electrons. The molecule has 2 aromatic rings. The molecule has 2 aliphatic heterocycles. The van der Waals surface area contributed by atoms with E-state index in [0.717, 1.165) is 68.8 Å². The molecule has 0 aromatic carbocycles. The van der Waals surface area contributed by atoms with Crippen LogP contribution in [0.5, 0.6) is 0 Å². The highest BCUT2D eigenvalue weighted by atomic mass is 16.5. The van der Waals surface area contributed by atoms with E-state index in [9.17, 15) is 0 Å². The van der Waals surface area contributed by atoms with Gasteiger partial charge in [-0.2, -0.15) is 5.10 Å². The minimum absolute atomic E-state index is 0.252. The number of ether oxygens (including phenoxy) is 1. The number of hydrogen-bond donors (Lipinski definition) is 2. The Labute approximate surface area is 158 Å². The van der Waals surface area contributed by atoms with Gasteiger partial charge in [-0.15, -0.1) is 10.2 Å². The number of guanidine groups is 1. The SMILES string of the molecule is Cc1nnc(CN=C(NCC2CCCO2)NC2CCc3ncnn3C2)n1C. The molecule has 1 saturated heterocycles. The molecule has 0 aliphatic carbocycles. The predicted octanol–water partition coefficient (Wildman–Crippen LogP) is -0.0558. The summed E-state index contributed by atoms with van der Waals surface area (Å²) in [6.45, 7) is 4.80. The van der Waals surface area contributed by atoms with Crippen LogP contribution >= 0.6 is 0 Å². The van der Waals surface area contributed by atoms with E-state index in [4.69, 9.17) is 9.73 Å². The molecule has 146 valence electrons. The molecule has 10 nitrogen and oxygen atoms in total. The molecule has 0 spiro atoms. The molecule has 2 aliphatic rings. The maximum atomic E-state index is 5.72. The van der Waals surface area contributed by atoms with Gasteiger partial charge < -0.3 is 19.9 Å². The van der Waals surface area contributed by atoms with Crippen LogP contribution in [0.1, 0.15) is 36.7 Å². The lowest BCUT2D eigenvalue weighted by Gasteiger charge is -2.26.